The van der Waals surface area contributed by atoms with E-state index < -0.39 is 5.97 Å². The van der Waals surface area contributed by atoms with Crippen molar-refractivity contribution >= 4 is 17.5 Å². The van der Waals surface area contributed by atoms with Gasteiger partial charge in [-0.15, -0.1) is 0 Å². The Morgan fingerprint density at radius 3 is 2.23 bits per heavy atom. The summed E-state index contributed by atoms with van der Waals surface area (Å²) >= 11 is 0. The van der Waals surface area contributed by atoms with Crippen molar-refractivity contribution in [1.82, 2.24) is 9.78 Å². The van der Waals surface area contributed by atoms with Crippen LogP contribution in [0.2, 0.25) is 0 Å². The first-order chi connectivity index (χ1) is 16.7. The van der Waals surface area contributed by atoms with Gasteiger partial charge >= 0.3 is 5.97 Å². The molecule has 35 heavy (non-hydrogen) atoms. The molecular formula is C26H33N3O6. The molecule has 0 fully saturated rings. The zero-order valence-corrected chi connectivity index (χ0v) is 21.3. The van der Waals surface area contributed by atoms with Gasteiger partial charge in [0, 0.05) is 45.0 Å². The number of aryl methyl sites for hydroxylation is 1. The molecular weight excluding hydrogens is 450 g/mol. The molecule has 0 spiro atoms. The van der Waals surface area contributed by atoms with Crippen LogP contribution in [0, 0.1) is 0 Å². The molecule has 0 saturated carbocycles. The average molecular weight is 484 g/mol. The van der Waals surface area contributed by atoms with Crippen LogP contribution < -0.4 is 14.8 Å². The first-order valence-electron chi connectivity index (χ1n) is 11.1. The van der Waals surface area contributed by atoms with Crippen LogP contribution in [-0.4, -0.2) is 50.7 Å². The molecule has 1 aromatic heterocycles. The minimum Gasteiger partial charge on any atom is -0.467 e. The van der Waals surface area contributed by atoms with Gasteiger partial charge in [0.25, 0.3) is 0 Å². The lowest BCUT2D eigenvalue weighted by molar-refractivity contribution is 0.0436. The summed E-state index contributed by atoms with van der Waals surface area (Å²) in [4.78, 5) is 12.7. The highest BCUT2D eigenvalue weighted by Gasteiger charge is 2.22. The number of esters is 1. The van der Waals surface area contributed by atoms with Crippen molar-refractivity contribution in [1.29, 1.82) is 0 Å². The molecule has 1 heterocycles. The van der Waals surface area contributed by atoms with Crippen LogP contribution >= 0.6 is 0 Å². The number of carbonyl (C=O) groups excluding carboxylic acids is 1. The van der Waals surface area contributed by atoms with Crippen LogP contribution in [-0.2, 0) is 26.7 Å². The number of hydrogen-bond acceptors (Lipinski definition) is 8. The quantitative estimate of drug-likeness (QED) is 0.322. The standard InChI is InChI=1S/C26H33N3O6/c1-26(2,3)18-10-8-17(9-11-18)20-14-23(29(4)28-20)27-21-12-19(34-15-31-5)13-22(35-16-32-6)24(21)25(30)33-7/h8-14,27H,15-16H2,1-7H3. The van der Waals surface area contributed by atoms with E-state index in [4.69, 9.17) is 23.7 Å². The number of anilines is 2. The molecule has 3 aromatic rings. The van der Waals surface area contributed by atoms with E-state index in [-0.39, 0.29) is 30.3 Å². The van der Waals surface area contributed by atoms with Gasteiger partial charge in [-0.05, 0) is 11.0 Å². The highest BCUT2D eigenvalue weighted by molar-refractivity contribution is 6.00. The van der Waals surface area contributed by atoms with Gasteiger partial charge in [-0.1, -0.05) is 45.0 Å². The predicted octanol–water partition coefficient (Wildman–Crippen LogP) is 4.88. The zero-order chi connectivity index (χ0) is 25.6. The molecule has 0 radical (unpaired) electrons. The molecule has 0 aliphatic heterocycles. The number of methoxy groups -OCH3 is 3. The Bertz CT molecular complexity index is 1150. The number of aromatic nitrogens is 2. The SMILES string of the molecule is COCOc1cc(Nc2cc(-c3ccc(C(C)(C)C)cc3)nn2C)c(C(=O)OC)c(OCOC)c1. The largest absolute Gasteiger partial charge is 0.467 e. The van der Waals surface area contributed by atoms with Crippen molar-refractivity contribution < 1.29 is 28.5 Å². The third-order valence-electron chi connectivity index (χ3n) is 5.33. The highest BCUT2D eigenvalue weighted by Crippen LogP contribution is 2.36. The van der Waals surface area contributed by atoms with Gasteiger partial charge in [-0.2, -0.15) is 5.10 Å². The van der Waals surface area contributed by atoms with E-state index in [0.717, 1.165) is 11.3 Å². The lowest BCUT2D eigenvalue weighted by Gasteiger charge is -2.18. The molecule has 0 bridgehead atoms. The molecule has 0 unspecified atom stereocenters. The molecule has 0 saturated heterocycles. The maximum atomic E-state index is 12.7. The lowest BCUT2D eigenvalue weighted by Crippen LogP contribution is -2.12. The van der Waals surface area contributed by atoms with Gasteiger partial charge in [0.05, 0.1) is 18.5 Å². The van der Waals surface area contributed by atoms with Gasteiger partial charge in [-0.25, -0.2) is 4.79 Å². The van der Waals surface area contributed by atoms with Crippen LogP contribution in [0.4, 0.5) is 11.5 Å². The van der Waals surface area contributed by atoms with Crippen LogP contribution in [0.15, 0.2) is 42.5 Å². The van der Waals surface area contributed by atoms with Gasteiger partial charge in [-0.3, -0.25) is 4.68 Å². The summed E-state index contributed by atoms with van der Waals surface area (Å²) in [5, 5.41) is 7.92. The average Bonchev–Trinajstić information content (AvgIpc) is 3.20. The molecule has 9 heteroatoms. The highest BCUT2D eigenvalue weighted by atomic mass is 16.7. The molecule has 188 valence electrons. The minimum absolute atomic E-state index is 0.0289. The summed E-state index contributed by atoms with van der Waals surface area (Å²) in [5.41, 5.74) is 3.71. The first kappa shape index (κ1) is 26.1. The first-order valence-corrected chi connectivity index (χ1v) is 11.1. The number of carbonyl (C=O) groups is 1. The molecule has 0 amide bonds. The normalized spacial score (nSPS) is 11.3. The summed E-state index contributed by atoms with van der Waals surface area (Å²) in [6.45, 7) is 6.51. The second kappa shape index (κ2) is 11.2. The van der Waals surface area contributed by atoms with E-state index in [1.807, 2.05) is 13.1 Å². The molecule has 0 aliphatic rings. The molecule has 0 aliphatic carbocycles. The number of nitrogens with one attached hydrogen (secondary N) is 1. The van der Waals surface area contributed by atoms with Crippen LogP contribution in [0.3, 0.4) is 0 Å². The van der Waals surface area contributed by atoms with E-state index >= 15 is 0 Å². The van der Waals surface area contributed by atoms with Crippen LogP contribution in [0.1, 0.15) is 36.7 Å². The Balaban J connectivity index is 2.00. The summed E-state index contributed by atoms with van der Waals surface area (Å²) < 4.78 is 28.0. The van der Waals surface area contributed by atoms with Crippen molar-refractivity contribution in [3.05, 3.63) is 53.6 Å². The summed E-state index contributed by atoms with van der Waals surface area (Å²) in [5.74, 6) is 0.770. The Morgan fingerprint density at radius 1 is 0.971 bits per heavy atom. The van der Waals surface area contributed by atoms with E-state index in [1.54, 1.807) is 16.8 Å². The van der Waals surface area contributed by atoms with Gasteiger partial charge in [0.1, 0.15) is 22.9 Å². The minimum atomic E-state index is -0.572. The van der Waals surface area contributed by atoms with Crippen molar-refractivity contribution in [2.75, 3.05) is 40.2 Å². The smallest absolute Gasteiger partial charge is 0.343 e. The monoisotopic (exact) mass is 483 g/mol. The fraction of sp³-hybridized carbons (Fsp3) is 0.385. The van der Waals surface area contributed by atoms with E-state index in [9.17, 15) is 4.79 Å². The molecule has 2 aromatic carbocycles. The number of rotatable bonds is 10. The van der Waals surface area contributed by atoms with Gasteiger partial charge in [0.15, 0.2) is 13.6 Å². The summed E-state index contributed by atoms with van der Waals surface area (Å²) in [7, 11) is 6.15. The number of nitrogens with zero attached hydrogens (tertiary/aromatic N) is 2. The van der Waals surface area contributed by atoms with Crippen molar-refractivity contribution in [3.8, 4) is 22.8 Å². The number of benzene rings is 2. The Hall–Kier alpha value is -3.56. The van der Waals surface area contributed by atoms with E-state index in [0.29, 0.717) is 17.3 Å². The van der Waals surface area contributed by atoms with E-state index in [2.05, 4.69) is 55.5 Å². The number of hydrogen-bond donors (Lipinski definition) is 1. The lowest BCUT2D eigenvalue weighted by atomic mass is 9.86. The zero-order valence-electron chi connectivity index (χ0n) is 21.3. The Morgan fingerprint density at radius 2 is 1.63 bits per heavy atom. The van der Waals surface area contributed by atoms with E-state index in [1.165, 1.54) is 26.9 Å². The maximum Gasteiger partial charge on any atom is 0.343 e. The van der Waals surface area contributed by atoms with Crippen molar-refractivity contribution in [2.24, 2.45) is 7.05 Å². The Kier molecular flexibility index (Phi) is 8.37. The topological polar surface area (TPSA) is 93.1 Å². The van der Waals surface area contributed by atoms with Crippen molar-refractivity contribution in [2.45, 2.75) is 26.2 Å². The molecule has 1 N–H and O–H groups in total. The Labute approximate surface area is 205 Å². The third kappa shape index (κ3) is 6.32. The maximum absolute atomic E-state index is 12.7. The fourth-order valence-corrected chi connectivity index (χ4v) is 3.45. The second-order valence-electron chi connectivity index (χ2n) is 8.93. The molecule has 0 atom stereocenters. The van der Waals surface area contributed by atoms with Gasteiger partial charge in [0.2, 0.25) is 0 Å². The predicted molar refractivity (Wildman–Crippen MR) is 133 cm³/mol. The fourth-order valence-electron chi connectivity index (χ4n) is 3.45. The van der Waals surface area contributed by atoms with Crippen LogP contribution in [0.25, 0.3) is 11.3 Å². The third-order valence-corrected chi connectivity index (χ3v) is 5.33. The van der Waals surface area contributed by atoms with Crippen molar-refractivity contribution in [3.63, 3.8) is 0 Å². The number of ether oxygens (including phenoxy) is 5. The summed E-state index contributed by atoms with van der Waals surface area (Å²) in [6, 6.07) is 13.5. The molecule has 9 nitrogen and oxygen atoms in total. The molecule has 3 rings (SSSR count). The summed E-state index contributed by atoms with van der Waals surface area (Å²) in [6.07, 6.45) is 0. The second-order valence-corrected chi connectivity index (χ2v) is 8.93. The van der Waals surface area contributed by atoms with Crippen LogP contribution in [0.5, 0.6) is 11.5 Å². The van der Waals surface area contributed by atoms with Gasteiger partial charge < -0.3 is 29.0 Å².